The molecule has 124 valence electrons. The van der Waals surface area contributed by atoms with Gasteiger partial charge < -0.3 is 18.6 Å². The Balaban J connectivity index is 1.68. The number of hydrogen-bond acceptors (Lipinski definition) is 8. The Labute approximate surface area is 138 Å². The van der Waals surface area contributed by atoms with Crippen LogP contribution < -0.4 is 4.90 Å². The Morgan fingerprint density at radius 1 is 1.25 bits per heavy atom. The van der Waals surface area contributed by atoms with E-state index in [1.807, 2.05) is 30.3 Å². The Morgan fingerprint density at radius 2 is 2.04 bits per heavy atom. The molecule has 0 aliphatic rings. The van der Waals surface area contributed by atoms with Crippen LogP contribution in [0.25, 0.3) is 11.4 Å². The van der Waals surface area contributed by atoms with Gasteiger partial charge in [-0.3, -0.25) is 0 Å². The molecule has 0 saturated heterocycles. The van der Waals surface area contributed by atoms with Crippen molar-refractivity contribution in [2.24, 2.45) is 0 Å². The maximum atomic E-state index is 11.6. The second kappa shape index (κ2) is 6.95. The topological polar surface area (TPSA) is 94.5 Å². The van der Waals surface area contributed by atoms with Crippen molar-refractivity contribution in [1.29, 1.82) is 0 Å². The number of hydrogen-bond donors (Lipinski definition) is 0. The summed E-state index contributed by atoms with van der Waals surface area (Å²) in [5, 5.41) is 3.95. The Bertz CT molecular complexity index is 812. The molecule has 0 atom stereocenters. The summed E-state index contributed by atoms with van der Waals surface area (Å²) in [5.74, 6) is 0.399. The minimum absolute atomic E-state index is 0.120. The molecule has 0 spiro atoms. The zero-order valence-electron chi connectivity index (χ0n) is 13.3. The zero-order chi connectivity index (χ0) is 16.9. The number of esters is 1. The van der Waals surface area contributed by atoms with Gasteiger partial charge in [0.1, 0.15) is 12.8 Å². The minimum atomic E-state index is -0.523. The average Bonchev–Trinajstić information content (AvgIpc) is 3.25. The molecule has 0 N–H and O–H groups in total. The molecule has 8 heteroatoms. The first-order valence-electron chi connectivity index (χ1n) is 7.39. The molecule has 2 aromatic heterocycles. The number of aromatic nitrogens is 3. The van der Waals surface area contributed by atoms with Crippen molar-refractivity contribution in [2.75, 3.05) is 18.6 Å². The van der Waals surface area contributed by atoms with E-state index in [1.54, 1.807) is 18.9 Å². The first kappa shape index (κ1) is 15.7. The highest BCUT2D eigenvalue weighted by molar-refractivity contribution is 5.87. The van der Waals surface area contributed by atoms with E-state index in [-0.39, 0.29) is 18.3 Å². The molecular formula is C16H16N4O4. The molecule has 24 heavy (non-hydrogen) atoms. The van der Waals surface area contributed by atoms with Gasteiger partial charge in [0.25, 0.3) is 6.01 Å². The molecule has 3 aromatic rings. The fraction of sp³-hybridized carbons (Fsp3) is 0.250. The van der Waals surface area contributed by atoms with Crippen LogP contribution in [0.4, 0.5) is 6.01 Å². The molecule has 0 amide bonds. The molecule has 0 radical (unpaired) electrons. The average molecular weight is 328 g/mol. The van der Waals surface area contributed by atoms with Gasteiger partial charge in [-0.2, -0.15) is 9.97 Å². The lowest BCUT2D eigenvalue weighted by Gasteiger charge is -2.10. The van der Waals surface area contributed by atoms with Gasteiger partial charge in [0.15, 0.2) is 5.69 Å². The quantitative estimate of drug-likeness (QED) is 0.637. The number of ether oxygens (including phenoxy) is 1. The fourth-order valence-corrected chi connectivity index (χ4v) is 2.03. The Hall–Kier alpha value is -3.16. The van der Waals surface area contributed by atoms with Crippen LogP contribution in [0.2, 0.25) is 0 Å². The molecule has 0 unspecified atom stereocenters. The number of benzene rings is 1. The number of oxazole rings is 1. The van der Waals surface area contributed by atoms with E-state index in [0.717, 1.165) is 5.56 Å². The maximum Gasteiger partial charge on any atom is 0.360 e. The van der Waals surface area contributed by atoms with E-state index < -0.39 is 5.97 Å². The van der Waals surface area contributed by atoms with Crippen LogP contribution in [0.5, 0.6) is 0 Å². The number of nitrogens with zero attached hydrogens (tertiary/aromatic N) is 4. The van der Waals surface area contributed by atoms with Crippen molar-refractivity contribution in [3.8, 4) is 11.4 Å². The lowest BCUT2D eigenvalue weighted by molar-refractivity contribution is 0.0519. The number of rotatable bonds is 6. The summed E-state index contributed by atoms with van der Waals surface area (Å²) in [6.45, 7) is 2.30. The molecule has 0 aliphatic heterocycles. The molecule has 0 aliphatic carbocycles. The van der Waals surface area contributed by atoms with Gasteiger partial charge >= 0.3 is 5.97 Å². The molecule has 3 rings (SSSR count). The molecule has 0 saturated carbocycles. The highest BCUT2D eigenvalue weighted by Gasteiger charge is 2.18. The monoisotopic (exact) mass is 328 g/mol. The lowest BCUT2D eigenvalue weighted by Crippen LogP contribution is -2.17. The predicted octanol–water partition coefficient (Wildman–Crippen LogP) is 2.54. The van der Waals surface area contributed by atoms with Gasteiger partial charge in [0, 0.05) is 12.6 Å². The molecule has 0 fully saturated rings. The van der Waals surface area contributed by atoms with Crippen LogP contribution >= 0.6 is 0 Å². The first-order valence-corrected chi connectivity index (χ1v) is 7.39. The van der Waals surface area contributed by atoms with Gasteiger partial charge in [-0.15, -0.1) is 0 Å². The van der Waals surface area contributed by atoms with Crippen molar-refractivity contribution < 1.29 is 18.5 Å². The van der Waals surface area contributed by atoms with E-state index in [9.17, 15) is 4.79 Å². The van der Waals surface area contributed by atoms with Gasteiger partial charge in [-0.1, -0.05) is 35.5 Å². The number of anilines is 1. The number of carbonyl (C=O) groups excluding carboxylic acids is 1. The van der Waals surface area contributed by atoms with Crippen LogP contribution in [0.15, 0.2) is 45.5 Å². The fourth-order valence-electron chi connectivity index (χ4n) is 2.03. The second-order valence-corrected chi connectivity index (χ2v) is 4.97. The van der Waals surface area contributed by atoms with Gasteiger partial charge in [-0.25, -0.2) is 4.79 Å². The number of carbonyl (C=O) groups is 1. The Kier molecular flexibility index (Phi) is 4.55. The Morgan fingerprint density at radius 3 is 2.79 bits per heavy atom. The summed E-state index contributed by atoms with van der Waals surface area (Å²) < 4.78 is 15.4. The largest absolute Gasteiger partial charge is 0.461 e. The van der Waals surface area contributed by atoms with E-state index >= 15 is 0 Å². The first-order chi connectivity index (χ1) is 11.7. The summed E-state index contributed by atoms with van der Waals surface area (Å²) >= 11 is 0. The summed E-state index contributed by atoms with van der Waals surface area (Å²) in [6, 6.07) is 9.79. The van der Waals surface area contributed by atoms with Crippen LogP contribution in [-0.2, 0) is 11.3 Å². The zero-order valence-corrected chi connectivity index (χ0v) is 13.3. The minimum Gasteiger partial charge on any atom is -0.461 e. The molecule has 1 aromatic carbocycles. The molecular weight excluding hydrogens is 312 g/mol. The third kappa shape index (κ3) is 3.43. The van der Waals surface area contributed by atoms with Crippen LogP contribution in [0.3, 0.4) is 0 Å². The summed E-state index contributed by atoms with van der Waals surface area (Å²) in [5.41, 5.74) is 0.991. The van der Waals surface area contributed by atoms with E-state index in [1.165, 1.54) is 6.26 Å². The van der Waals surface area contributed by atoms with E-state index in [0.29, 0.717) is 18.3 Å². The van der Waals surface area contributed by atoms with Crippen LogP contribution in [0, 0.1) is 0 Å². The van der Waals surface area contributed by atoms with E-state index in [4.69, 9.17) is 13.7 Å². The van der Waals surface area contributed by atoms with Crippen molar-refractivity contribution >= 4 is 12.0 Å². The van der Waals surface area contributed by atoms with Crippen molar-refractivity contribution in [3.05, 3.63) is 48.2 Å². The third-order valence-electron chi connectivity index (χ3n) is 3.18. The maximum absolute atomic E-state index is 11.6. The summed E-state index contributed by atoms with van der Waals surface area (Å²) in [7, 11) is 1.74. The molecule has 0 bridgehead atoms. The normalized spacial score (nSPS) is 10.6. The standard InChI is InChI=1S/C16H16N4O4/c1-3-22-15(21)12-10-23-16(17-12)20(2)9-13-18-14(19-24-13)11-7-5-4-6-8-11/h4-8,10H,3,9H2,1-2H3. The predicted molar refractivity (Wildman–Crippen MR) is 84.3 cm³/mol. The van der Waals surface area contributed by atoms with Crippen molar-refractivity contribution in [2.45, 2.75) is 13.5 Å². The SMILES string of the molecule is CCOC(=O)c1coc(N(C)Cc2nc(-c3ccccc3)no2)n1. The van der Waals surface area contributed by atoms with Crippen molar-refractivity contribution in [1.82, 2.24) is 15.1 Å². The highest BCUT2D eigenvalue weighted by Crippen LogP contribution is 2.18. The van der Waals surface area contributed by atoms with Gasteiger partial charge in [-0.05, 0) is 6.92 Å². The summed E-state index contributed by atoms with van der Waals surface area (Å²) in [4.78, 5) is 21.7. The van der Waals surface area contributed by atoms with E-state index in [2.05, 4.69) is 15.1 Å². The van der Waals surface area contributed by atoms with Crippen LogP contribution in [0.1, 0.15) is 23.3 Å². The molecule has 2 heterocycles. The second-order valence-electron chi connectivity index (χ2n) is 4.97. The van der Waals surface area contributed by atoms with Gasteiger partial charge in [0.05, 0.1) is 6.61 Å². The highest BCUT2D eigenvalue weighted by atomic mass is 16.5. The lowest BCUT2D eigenvalue weighted by atomic mass is 10.2. The summed E-state index contributed by atoms with van der Waals surface area (Å²) in [6.07, 6.45) is 1.26. The molecule has 8 nitrogen and oxygen atoms in total. The van der Waals surface area contributed by atoms with Crippen molar-refractivity contribution in [3.63, 3.8) is 0 Å². The van der Waals surface area contributed by atoms with Gasteiger partial charge in [0.2, 0.25) is 11.7 Å². The van der Waals surface area contributed by atoms with Crippen LogP contribution in [-0.4, -0.2) is 34.7 Å². The smallest absolute Gasteiger partial charge is 0.360 e. The third-order valence-corrected chi connectivity index (χ3v) is 3.18.